The topological polar surface area (TPSA) is 70.4 Å². The first kappa shape index (κ1) is 12.4. The van der Waals surface area contributed by atoms with Gasteiger partial charge in [-0.2, -0.15) is 0 Å². The molecule has 0 aromatic carbocycles. The molecule has 1 heterocycles. The summed E-state index contributed by atoms with van der Waals surface area (Å²) in [6, 6.07) is -0.102. The molecule has 0 aromatic heterocycles. The lowest BCUT2D eigenvalue weighted by Crippen LogP contribution is -2.52. The average Bonchev–Trinajstić information content (AvgIpc) is 2.46. The van der Waals surface area contributed by atoms with Gasteiger partial charge in [-0.15, -0.1) is 0 Å². The molecule has 0 radical (unpaired) electrons. The molecule has 0 spiro atoms. The van der Waals surface area contributed by atoms with E-state index in [4.69, 9.17) is 5.84 Å². The number of nitrogens with two attached hydrogens (primary N) is 1. The number of amides is 1. The van der Waals surface area contributed by atoms with Crippen molar-refractivity contribution in [3.63, 3.8) is 0 Å². The van der Waals surface area contributed by atoms with Crippen molar-refractivity contribution in [2.45, 2.75) is 26.3 Å². The normalized spacial score (nSPS) is 21.1. The summed E-state index contributed by atoms with van der Waals surface area (Å²) >= 11 is 0. The lowest BCUT2D eigenvalue weighted by atomic mass is 10.0. The van der Waals surface area contributed by atoms with Gasteiger partial charge in [0.05, 0.1) is 6.04 Å². The van der Waals surface area contributed by atoms with Gasteiger partial charge in [-0.25, -0.2) is 5.84 Å². The molecule has 15 heavy (non-hydrogen) atoms. The molecule has 0 saturated carbocycles. The van der Waals surface area contributed by atoms with Crippen molar-refractivity contribution in [3.8, 4) is 0 Å². The van der Waals surface area contributed by atoms with Gasteiger partial charge in [-0.1, -0.05) is 13.8 Å². The van der Waals surface area contributed by atoms with Crippen LogP contribution in [0, 0.1) is 5.92 Å². The lowest BCUT2D eigenvalue weighted by Gasteiger charge is -2.31. The zero-order chi connectivity index (χ0) is 11.3. The minimum Gasteiger partial charge on any atom is -0.315 e. The fourth-order valence-corrected chi connectivity index (χ4v) is 2.12. The smallest absolute Gasteiger partial charge is 0.251 e. The number of nitrogens with one attached hydrogen (secondary N) is 2. The number of nitrogens with zero attached hydrogens (tertiary/aromatic N) is 1. The Morgan fingerprint density at radius 3 is 2.73 bits per heavy atom. The second-order valence-corrected chi connectivity index (χ2v) is 4.34. The molecule has 0 bridgehead atoms. The van der Waals surface area contributed by atoms with E-state index in [1.54, 1.807) is 0 Å². The van der Waals surface area contributed by atoms with Gasteiger partial charge >= 0.3 is 0 Å². The van der Waals surface area contributed by atoms with Crippen LogP contribution < -0.4 is 16.6 Å². The molecule has 1 aliphatic rings. The van der Waals surface area contributed by atoms with Gasteiger partial charge in [0.15, 0.2) is 0 Å². The molecule has 1 rings (SSSR count). The first-order valence-corrected chi connectivity index (χ1v) is 5.62. The Kier molecular flexibility index (Phi) is 5.01. The summed E-state index contributed by atoms with van der Waals surface area (Å²) in [7, 11) is 0. The zero-order valence-corrected chi connectivity index (χ0v) is 9.62. The van der Waals surface area contributed by atoms with Crippen LogP contribution in [0.2, 0.25) is 0 Å². The molecule has 0 aromatic rings. The summed E-state index contributed by atoms with van der Waals surface area (Å²) in [5.74, 6) is 5.42. The van der Waals surface area contributed by atoms with Gasteiger partial charge < -0.3 is 5.32 Å². The second-order valence-electron chi connectivity index (χ2n) is 4.34. The van der Waals surface area contributed by atoms with E-state index in [2.05, 4.69) is 29.5 Å². The quantitative estimate of drug-likeness (QED) is 0.330. The Balaban J connectivity index is 2.64. The maximum atomic E-state index is 11.7. The monoisotopic (exact) mass is 214 g/mol. The lowest BCUT2D eigenvalue weighted by molar-refractivity contribution is -0.128. The number of rotatable bonds is 3. The van der Waals surface area contributed by atoms with Crippen LogP contribution in [0.3, 0.4) is 0 Å². The third-order valence-electron chi connectivity index (χ3n) is 2.81. The Morgan fingerprint density at radius 2 is 2.13 bits per heavy atom. The first-order valence-electron chi connectivity index (χ1n) is 5.62. The minimum absolute atomic E-state index is 0.0769. The fraction of sp³-hybridized carbons (Fsp3) is 0.900. The number of carbonyl (C=O) groups is 1. The van der Waals surface area contributed by atoms with Crippen LogP contribution >= 0.6 is 0 Å². The van der Waals surface area contributed by atoms with E-state index in [9.17, 15) is 4.79 Å². The second kappa shape index (κ2) is 6.05. The number of hydrogen-bond acceptors (Lipinski definition) is 4. The van der Waals surface area contributed by atoms with Crippen LogP contribution in [0.15, 0.2) is 0 Å². The van der Waals surface area contributed by atoms with E-state index < -0.39 is 0 Å². The predicted molar refractivity (Wildman–Crippen MR) is 60.0 cm³/mol. The first-order chi connectivity index (χ1) is 7.16. The molecule has 0 aliphatic carbocycles. The summed E-state index contributed by atoms with van der Waals surface area (Å²) in [5, 5.41) is 3.32. The third kappa shape index (κ3) is 3.44. The Bertz CT molecular complexity index is 200. The number of hydrazine groups is 1. The van der Waals surface area contributed by atoms with E-state index in [1.807, 2.05) is 0 Å². The van der Waals surface area contributed by atoms with Crippen molar-refractivity contribution in [1.29, 1.82) is 0 Å². The summed E-state index contributed by atoms with van der Waals surface area (Å²) in [5.41, 5.74) is 2.26. The Morgan fingerprint density at radius 1 is 1.40 bits per heavy atom. The van der Waals surface area contributed by atoms with Gasteiger partial charge in [0, 0.05) is 19.6 Å². The molecule has 4 N–H and O–H groups in total. The van der Waals surface area contributed by atoms with Crippen molar-refractivity contribution in [1.82, 2.24) is 15.6 Å². The highest BCUT2D eigenvalue weighted by Crippen LogP contribution is 2.12. The van der Waals surface area contributed by atoms with Crippen molar-refractivity contribution >= 4 is 5.91 Å². The zero-order valence-electron chi connectivity index (χ0n) is 9.62. The van der Waals surface area contributed by atoms with E-state index in [1.165, 1.54) is 0 Å². The molecular weight excluding hydrogens is 192 g/mol. The molecule has 88 valence electrons. The van der Waals surface area contributed by atoms with E-state index in [0.717, 1.165) is 32.6 Å². The summed E-state index contributed by atoms with van der Waals surface area (Å²) in [6.45, 7) is 7.96. The fourth-order valence-electron chi connectivity index (χ4n) is 2.12. The number of hydrogen-bond donors (Lipinski definition) is 3. The largest absolute Gasteiger partial charge is 0.315 e. The van der Waals surface area contributed by atoms with Crippen LogP contribution in [0.25, 0.3) is 0 Å². The molecule has 5 heteroatoms. The van der Waals surface area contributed by atoms with Gasteiger partial charge in [0.25, 0.3) is 5.91 Å². The molecule has 1 atom stereocenters. The molecule has 5 nitrogen and oxygen atoms in total. The van der Waals surface area contributed by atoms with Crippen LogP contribution in [-0.4, -0.2) is 43.0 Å². The van der Waals surface area contributed by atoms with E-state index >= 15 is 0 Å². The molecule has 1 saturated heterocycles. The summed E-state index contributed by atoms with van der Waals surface area (Å²) in [6.07, 6.45) is 1.08. The third-order valence-corrected chi connectivity index (χ3v) is 2.81. The standard InChI is InChI=1S/C10H22N4O/c1-8(2)9(10(15)13-11)14-6-3-4-12-5-7-14/h8-9,12H,3-7,11H2,1-2H3,(H,13,15). The molecule has 1 amide bonds. The minimum atomic E-state index is -0.102. The highest BCUT2D eigenvalue weighted by molar-refractivity contribution is 5.81. The maximum Gasteiger partial charge on any atom is 0.251 e. The van der Waals surface area contributed by atoms with E-state index in [-0.39, 0.29) is 17.9 Å². The highest BCUT2D eigenvalue weighted by atomic mass is 16.2. The van der Waals surface area contributed by atoms with Crippen molar-refractivity contribution in [2.24, 2.45) is 11.8 Å². The summed E-state index contributed by atoms with van der Waals surface area (Å²) in [4.78, 5) is 13.9. The van der Waals surface area contributed by atoms with Gasteiger partial charge in [-0.05, 0) is 18.9 Å². The molecule has 1 fully saturated rings. The average molecular weight is 214 g/mol. The van der Waals surface area contributed by atoms with Crippen molar-refractivity contribution in [3.05, 3.63) is 0 Å². The highest BCUT2D eigenvalue weighted by Gasteiger charge is 2.28. The van der Waals surface area contributed by atoms with Crippen molar-refractivity contribution in [2.75, 3.05) is 26.2 Å². The predicted octanol–water partition coefficient (Wildman–Crippen LogP) is -0.704. The van der Waals surface area contributed by atoms with Crippen LogP contribution in [0.1, 0.15) is 20.3 Å². The van der Waals surface area contributed by atoms with Crippen LogP contribution in [0.5, 0.6) is 0 Å². The van der Waals surface area contributed by atoms with E-state index in [0.29, 0.717) is 0 Å². The maximum absolute atomic E-state index is 11.7. The van der Waals surface area contributed by atoms with Crippen LogP contribution in [-0.2, 0) is 4.79 Å². The van der Waals surface area contributed by atoms with Crippen LogP contribution in [0.4, 0.5) is 0 Å². The molecular formula is C10H22N4O. The van der Waals surface area contributed by atoms with Gasteiger partial charge in [-0.3, -0.25) is 15.1 Å². The number of carbonyl (C=O) groups excluding carboxylic acids is 1. The van der Waals surface area contributed by atoms with Gasteiger partial charge in [0.2, 0.25) is 0 Å². The van der Waals surface area contributed by atoms with Crippen molar-refractivity contribution < 1.29 is 4.79 Å². The molecule has 1 unspecified atom stereocenters. The van der Waals surface area contributed by atoms with Gasteiger partial charge in [0.1, 0.15) is 0 Å². The SMILES string of the molecule is CC(C)C(C(=O)NN)N1CCCNCC1. The molecule has 1 aliphatic heterocycles. The Labute approximate surface area is 91.3 Å². The Hall–Kier alpha value is -0.650. The summed E-state index contributed by atoms with van der Waals surface area (Å²) < 4.78 is 0.